The minimum Gasteiger partial charge on any atom is -0.387 e. The van der Waals surface area contributed by atoms with Crippen LogP contribution in [0.15, 0.2) is 47.4 Å². The lowest BCUT2D eigenvalue weighted by molar-refractivity contribution is -0.675. The summed E-state index contributed by atoms with van der Waals surface area (Å²) >= 11 is 5.92. The number of carbonyl (C=O) groups is 1. The monoisotopic (exact) mass is 517 g/mol. The second-order valence-corrected chi connectivity index (χ2v) is 11.3. The lowest BCUT2D eigenvalue weighted by Crippen LogP contribution is -2.89. The number of alkyl halides is 3. The Morgan fingerprint density at radius 2 is 1.85 bits per heavy atom. The van der Waals surface area contributed by atoms with E-state index in [1.165, 1.54) is 18.2 Å². The summed E-state index contributed by atoms with van der Waals surface area (Å²) in [5.74, 6) is -0.492. The number of hydrogen-bond donors (Lipinski definition) is 3. The largest absolute Gasteiger partial charge is 0.417 e. The van der Waals surface area contributed by atoms with Gasteiger partial charge in [0.2, 0.25) is 0 Å². The summed E-state index contributed by atoms with van der Waals surface area (Å²) in [4.78, 5) is 13.2. The molecule has 184 valence electrons. The zero-order valence-electron chi connectivity index (χ0n) is 18.1. The van der Waals surface area contributed by atoms with Crippen molar-refractivity contribution in [2.45, 2.75) is 48.5 Å². The normalized spacial score (nSPS) is 21.9. The van der Waals surface area contributed by atoms with Crippen molar-refractivity contribution in [3.8, 4) is 0 Å². The molecule has 34 heavy (non-hydrogen) atoms. The van der Waals surface area contributed by atoms with Crippen LogP contribution >= 0.6 is 11.6 Å². The standard InChI is InChI=1S/C23H24ClF3N2O4S/c24-20-17(2-1-3-18(20)23(25,26)27)22(31)29-21(19-10-15(30)11-28-19)14-6-8-16(9-7-14)34(32,33)12-13-4-5-13/h1-3,6-9,13,15,19,21,28,30H,4-5,10-12H2,(H,29,31)/p+1/t15-,19?,21-/m1/s1. The summed E-state index contributed by atoms with van der Waals surface area (Å²) in [6, 6.07) is 8.30. The van der Waals surface area contributed by atoms with Crippen LogP contribution in [-0.4, -0.2) is 43.9 Å². The average molecular weight is 518 g/mol. The van der Waals surface area contributed by atoms with E-state index in [9.17, 15) is 31.5 Å². The van der Waals surface area contributed by atoms with Crippen molar-refractivity contribution >= 4 is 27.3 Å². The molecule has 1 saturated heterocycles. The van der Waals surface area contributed by atoms with Crippen LogP contribution in [0.2, 0.25) is 5.02 Å². The molecule has 0 radical (unpaired) electrons. The van der Waals surface area contributed by atoms with Gasteiger partial charge in [-0.2, -0.15) is 13.2 Å². The van der Waals surface area contributed by atoms with Crippen LogP contribution in [0, 0.1) is 5.92 Å². The van der Waals surface area contributed by atoms with Crippen molar-refractivity contribution in [3.63, 3.8) is 0 Å². The van der Waals surface area contributed by atoms with E-state index in [-0.39, 0.29) is 28.2 Å². The van der Waals surface area contributed by atoms with Crippen molar-refractivity contribution in [1.82, 2.24) is 5.32 Å². The number of amides is 1. The molecular weight excluding hydrogens is 493 g/mol. The molecule has 0 bridgehead atoms. The molecule has 2 fully saturated rings. The molecule has 3 atom stereocenters. The van der Waals surface area contributed by atoms with E-state index >= 15 is 0 Å². The highest BCUT2D eigenvalue weighted by Crippen LogP contribution is 2.36. The van der Waals surface area contributed by atoms with E-state index < -0.39 is 44.7 Å². The molecule has 2 aromatic carbocycles. The number of carbonyl (C=O) groups excluding carboxylic acids is 1. The van der Waals surface area contributed by atoms with Crippen LogP contribution in [0.3, 0.4) is 0 Å². The van der Waals surface area contributed by atoms with Gasteiger partial charge in [0, 0.05) is 6.42 Å². The highest BCUT2D eigenvalue weighted by molar-refractivity contribution is 7.91. The molecule has 2 aliphatic rings. The minimum atomic E-state index is -4.71. The first kappa shape index (κ1) is 25.0. The van der Waals surface area contributed by atoms with E-state index in [0.29, 0.717) is 18.5 Å². The molecule has 2 aromatic rings. The fraction of sp³-hybridized carbons (Fsp3) is 0.435. The number of aliphatic hydroxyl groups excluding tert-OH is 1. The predicted molar refractivity (Wildman–Crippen MR) is 119 cm³/mol. The SMILES string of the molecule is O=C(N[C@H](c1ccc(S(=O)(=O)CC2CC2)cc1)C1C[C@@H](O)C[NH2+]1)c1cccc(C(F)(F)F)c1Cl. The molecule has 1 aliphatic heterocycles. The maximum absolute atomic E-state index is 13.2. The van der Waals surface area contributed by atoms with E-state index in [4.69, 9.17) is 11.6 Å². The topological polar surface area (TPSA) is 100 Å². The minimum absolute atomic E-state index is 0.100. The van der Waals surface area contributed by atoms with Crippen molar-refractivity contribution in [1.29, 1.82) is 0 Å². The number of sulfone groups is 1. The van der Waals surface area contributed by atoms with Crippen LogP contribution in [0.5, 0.6) is 0 Å². The molecule has 1 unspecified atom stereocenters. The van der Waals surface area contributed by atoms with E-state index in [1.54, 1.807) is 12.1 Å². The molecule has 4 rings (SSSR count). The zero-order chi connectivity index (χ0) is 24.7. The second kappa shape index (κ2) is 9.49. The van der Waals surface area contributed by atoms with Gasteiger partial charge in [0.15, 0.2) is 9.84 Å². The highest BCUT2D eigenvalue weighted by atomic mass is 35.5. The molecule has 11 heteroatoms. The van der Waals surface area contributed by atoms with Crippen LogP contribution in [0.1, 0.15) is 46.8 Å². The highest BCUT2D eigenvalue weighted by Gasteiger charge is 2.38. The molecular formula is C23H25ClF3N2O4S+. The lowest BCUT2D eigenvalue weighted by atomic mass is 9.97. The van der Waals surface area contributed by atoms with Gasteiger partial charge in [0.05, 0.1) is 26.8 Å². The first-order valence-corrected chi connectivity index (χ1v) is 13.0. The Balaban J connectivity index is 1.61. The van der Waals surface area contributed by atoms with E-state index in [2.05, 4.69) is 5.32 Å². The average Bonchev–Trinajstić information content (AvgIpc) is 3.47. The van der Waals surface area contributed by atoms with Crippen LogP contribution in [-0.2, 0) is 16.0 Å². The van der Waals surface area contributed by atoms with Crippen molar-refractivity contribution in [2.24, 2.45) is 5.92 Å². The number of quaternary nitrogens is 1. The Morgan fingerprint density at radius 3 is 2.41 bits per heavy atom. The van der Waals surface area contributed by atoms with Crippen molar-refractivity contribution in [2.75, 3.05) is 12.3 Å². The van der Waals surface area contributed by atoms with Gasteiger partial charge < -0.3 is 15.7 Å². The number of halogens is 4. The molecule has 0 aromatic heterocycles. The van der Waals surface area contributed by atoms with E-state index in [1.807, 2.05) is 5.32 Å². The number of hydrogen-bond acceptors (Lipinski definition) is 4. The number of nitrogens with one attached hydrogen (secondary N) is 1. The Morgan fingerprint density at radius 1 is 1.18 bits per heavy atom. The molecule has 1 saturated carbocycles. The quantitative estimate of drug-likeness (QED) is 0.526. The Bertz CT molecular complexity index is 1170. The van der Waals surface area contributed by atoms with Gasteiger partial charge in [-0.1, -0.05) is 29.8 Å². The molecule has 1 amide bonds. The summed E-state index contributed by atoms with van der Waals surface area (Å²) in [6.07, 6.45) is -3.15. The van der Waals surface area contributed by atoms with Gasteiger partial charge in [-0.25, -0.2) is 8.42 Å². The Labute approximate surface area is 200 Å². The number of rotatable bonds is 7. The Kier molecular flexibility index (Phi) is 6.97. The third-order valence-electron chi connectivity index (χ3n) is 6.27. The maximum Gasteiger partial charge on any atom is 0.417 e. The molecule has 4 N–H and O–H groups in total. The van der Waals surface area contributed by atoms with Gasteiger partial charge in [-0.3, -0.25) is 4.79 Å². The fourth-order valence-corrected chi connectivity index (χ4v) is 6.28. The summed E-state index contributed by atoms with van der Waals surface area (Å²) in [5.41, 5.74) is -0.840. The Hall–Kier alpha value is -2.14. The first-order valence-electron chi connectivity index (χ1n) is 11.0. The van der Waals surface area contributed by atoms with Gasteiger partial charge in [0.25, 0.3) is 5.91 Å². The number of aliphatic hydroxyl groups is 1. The van der Waals surface area contributed by atoms with Gasteiger partial charge >= 0.3 is 6.18 Å². The first-order chi connectivity index (χ1) is 16.0. The molecule has 1 heterocycles. The summed E-state index contributed by atoms with van der Waals surface area (Å²) in [7, 11) is -3.42. The predicted octanol–water partition coefficient (Wildman–Crippen LogP) is 2.71. The third-order valence-corrected chi connectivity index (χ3v) is 8.58. The summed E-state index contributed by atoms with van der Waals surface area (Å²) in [6.45, 7) is 0.412. The lowest BCUT2D eigenvalue weighted by Gasteiger charge is -2.24. The second-order valence-electron chi connectivity index (χ2n) is 8.93. The fourth-order valence-electron chi connectivity index (χ4n) is 4.27. The van der Waals surface area contributed by atoms with Crippen LogP contribution in [0.25, 0.3) is 0 Å². The van der Waals surface area contributed by atoms with Crippen molar-refractivity contribution in [3.05, 3.63) is 64.2 Å². The van der Waals surface area contributed by atoms with E-state index in [0.717, 1.165) is 25.0 Å². The summed E-state index contributed by atoms with van der Waals surface area (Å²) < 4.78 is 64.8. The molecule has 0 spiro atoms. The zero-order valence-corrected chi connectivity index (χ0v) is 19.6. The van der Waals surface area contributed by atoms with Crippen LogP contribution < -0.4 is 10.6 Å². The van der Waals surface area contributed by atoms with Gasteiger partial charge in [-0.15, -0.1) is 0 Å². The summed E-state index contributed by atoms with van der Waals surface area (Å²) in [5, 5.41) is 13.9. The number of benzene rings is 2. The maximum atomic E-state index is 13.2. The smallest absolute Gasteiger partial charge is 0.387 e. The van der Waals surface area contributed by atoms with Crippen LogP contribution in [0.4, 0.5) is 13.2 Å². The molecule has 1 aliphatic carbocycles. The van der Waals surface area contributed by atoms with Gasteiger partial charge in [0.1, 0.15) is 24.7 Å². The molecule has 6 nitrogen and oxygen atoms in total. The van der Waals surface area contributed by atoms with Crippen molar-refractivity contribution < 1.29 is 36.8 Å². The van der Waals surface area contributed by atoms with Gasteiger partial charge in [-0.05, 0) is 48.6 Å². The third kappa shape index (κ3) is 5.56. The number of nitrogens with two attached hydrogens (primary N) is 1.